The summed E-state index contributed by atoms with van der Waals surface area (Å²) in [5.74, 6) is 0.0687. The molecule has 3 N–H and O–H groups in total. The lowest BCUT2D eigenvalue weighted by Gasteiger charge is -2.47. The molecule has 2 aliphatic rings. The SMILES string of the molecule is COCC(=O)Nc1ccc2c(c1)[C@]1(CCO2)CS(=O)(=O)C(C)(C)C(=N)N1. The number of nitrogens with one attached hydrogen (secondary N) is 3. The third-order valence-corrected chi connectivity index (χ3v) is 7.65. The van der Waals surface area contributed by atoms with Crippen LogP contribution in [-0.4, -0.2) is 51.0 Å². The van der Waals surface area contributed by atoms with Crippen molar-refractivity contribution >= 4 is 27.3 Å². The molecule has 26 heavy (non-hydrogen) atoms. The lowest BCUT2D eigenvalue weighted by molar-refractivity contribution is -0.119. The first-order chi connectivity index (χ1) is 12.1. The van der Waals surface area contributed by atoms with Crippen LogP contribution in [0.5, 0.6) is 5.75 Å². The highest BCUT2D eigenvalue weighted by Gasteiger charge is 2.54. The zero-order chi connectivity index (χ0) is 19.2. The monoisotopic (exact) mass is 381 g/mol. The molecular weight excluding hydrogens is 358 g/mol. The van der Waals surface area contributed by atoms with Crippen molar-refractivity contribution < 1.29 is 22.7 Å². The Morgan fingerprint density at radius 2 is 2.15 bits per heavy atom. The van der Waals surface area contributed by atoms with E-state index < -0.39 is 20.1 Å². The molecule has 2 heterocycles. The van der Waals surface area contributed by atoms with Gasteiger partial charge in [-0.25, -0.2) is 8.42 Å². The highest BCUT2D eigenvalue weighted by Crippen LogP contribution is 2.43. The number of sulfone groups is 1. The first-order valence-corrected chi connectivity index (χ1v) is 9.92. The maximum absolute atomic E-state index is 12.8. The largest absolute Gasteiger partial charge is 0.493 e. The van der Waals surface area contributed by atoms with E-state index in [2.05, 4.69) is 10.6 Å². The summed E-state index contributed by atoms with van der Waals surface area (Å²) in [7, 11) is -2.13. The molecule has 1 amide bonds. The van der Waals surface area contributed by atoms with Gasteiger partial charge in [0.2, 0.25) is 5.91 Å². The highest BCUT2D eigenvalue weighted by atomic mass is 32.2. The van der Waals surface area contributed by atoms with Crippen LogP contribution in [0.1, 0.15) is 25.8 Å². The van der Waals surface area contributed by atoms with Crippen molar-refractivity contribution in [1.29, 1.82) is 5.41 Å². The predicted molar refractivity (Wildman–Crippen MR) is 97.5 cm³/mol. The zero-order valence-corrected chi connectivity index (χ0v) is 15.8. The Kier molecular flexibility index (Phi) is 4.48. The Hall–Kier alpha value is -2.13. The maximum atomic E-state index is 12.8. The summed E-state index contributed by atoms with van der Waals surface area (Å²) < 4.78 is 34.9. The van der Waals surface area contributed by atoms with Crippen LogP contribution in [0.15, 0.2) is 18.2 Å². The summed E-state index contributed by atoms with van der Waals surface area (Å²) in [4.78, 5) is 11.8. The van der Waals surface area contributed by atoms with E-state index in [1.165, 1.54) is 21.0 Å². The lowest BCUT2D eigenvalue weighted by Crippen LogP contribution is -2.65. The number of amides is 1. The summed E-state index contributed by atoms with van der Waals surface area (Å²) in [6, 6.07) is 5.10. The number of fused-ring (bicyclic) bond motifs is 2. The van der Waals surface area contributed by atoms with Crippen LogP contribution in [0.25, 0.3) is 0 Å². The van der Waals surface area contributed by atoms with Gasteiger partial charge < -0.3 is 20.1 Å². The van der Waals surface area contributed by atoms with Crippen LogP contribution in [0.2, 0.25) is 0 Å². The number of benzene rings is 1. The Morgan fingerprint density at radius 1 is 1.42 bits per heavy atom. The molecule has 1 fully saturated rings. The molecule has 2 aliphatic heterocycles. The van der Waals surface area contributed by atoms with E-state index in [0.717, 1.165) is 0 Å². The van der Waals surface area contributed by atoms with E-state index in [9.17, 15) is 13.2 Å². The van der Waals surface area contributed by atoms with Crippen molar-refractivity contribution in [3.8, 4) is 5.75 Å². The van der Waals surface area contributed by atoms with Crippen LogP contribution >= 0.6 is 0 Å². The Labute approximate surface area is 152 Å². The maximum Gasteiger partial charge on any atom is 0.250 e. The summed E-state index contributed by atoms with van der Waals surface area (Å²) in [5.41, 5.74) is 0.204. The molecule has 1 saturated heterocycles. The quantitative estimate of drug-likeness (QED) is 0.720. The summed E-state index contributed by atoms with van der Waals surface area (Å²) >= 11 is 0. The van der Waals surface area contributed by atoms with Gasteiger partial charge in [-0.05, 0) is 32.0 Å². The number of amidine groups is 1. The fourth-order valence-electron chi connectivity index (χ4n) is 3.27. The lowest BCUT2D eigenvalue weighted by atomic mass is 9.84. The molecule has 8 nitrogen and oxygen atoms in total. The Bertz CT molecular complexity index is 865. The van der Waals surface area contributed by atoms with E-state index in [0.29, 0.717) is 30.0 Å². The normalized spacial score (nSPS) is 25.7. The predicted octanol–water partition coefficient (Wildman–Crippen LogP) is 1.02. The van der Waals surface area contributed by atoms with Gasteiger partial charge in [-0.2, -0.15) is 0 Å². The number of carbonyl (C=O) groups is 1. The number of hydrogen-bond donors (Lipinski definition) is 3. The molecule has 0 unspecified atom stereocenters. The summed E-state index contributed by atoms with van der Waals surface area (Å²) in [6.07, 6.45) is 0.410. The minimum Gasteiger partial charge on any atom is -0.493 e. The third kappa shape index (κ3) is 2.95. The van der Waals surface area contributed by atoms with Crippen molar-refractivity contribution in [3.63, 3.8) is 0 Å². The molecule has 142 valence electrons. The number of methoxy groups -OCH3 is 1. The highest BCUT2D eigenvalue weighted by molar-refractivity contribution is 7.93. The average molecular weight is 381 g/mol. The van der Waals surface area contributed by atoms with Gasteiger partial charge in [0.15, 0.2) is 9.84 Å². The topological polar surface area (TPSA) is 118 Å². The fourth-order valence-corrected chi connectivity index (χ4v) is 5.02. The van der Waals surface area contributed by atoms with Crippen molar-refractivity contribution in [1.82, 2.24) is 5.32 Å². The van der Waals surface area contributed by atoms with E-state index >= 15 is 0 Å². The molecule has 0 saturated carbocycles. The van der Waals surface area contributed by atoms with Crippen molar-refractivity contribution in [3.05, 3.63) is 23.8 Å². The Morgan fingerprint density at radius 3 is 2.81 bits per heavy atom. The molecule has 9 heteroatoms. The number of ether oxygens (including phenoxy) is 2. The Balaban J connectivity index is 2.03. The van der Waals surface area contributed by atoms with E-state index in [1.807, 2.05) is 0 Å². The third-order valence-electron chi connectivity index (χ3n) is 5.02. The van der Waals surface area contributed by atoms with E-state index in [4.69, 9.17) is 14.9 Å². The second kappa shape index (κ2) is 6.24. The molecule has 0 bridgehead atoms. The van der Waals surface area contributed by atoms with Crippen LogP contribution < -0.4 is 15.4 Å². The first-order valence-electron chi connectivity index (χ1n) is 8.27. The second-order valence-corrected chi connectivity index (χ2v) is 9.68. The van der Waals surface area contributed by atoms with E-state index in [-0.39, 0.29) is 24.1 Å². The number of anilines is 1. The van der Waals surface area contributed by atoms with Gasteiger partial charge in [0.25, 0.3) is 0 Å². The molecule has 1 spiro atoms. The minimum atomic E-state index is -3.56. The molecule has 1 aromatic rings. The van der Waals surface area contributed by atoms with Gasteiger partial charge in [0, 0.05) is 24.8 Å². The number of carbonyl (C=O) groups excluding carboxylic acids is 1. The standard InChI is InChI=1S/C17H23N3O5S/c1-16(2)15(18)20-17(10-26(16,22)23)6-7-25-13-5-4-11(8-12(13)17)19-14(21)9-24-3/h4-5,8H,6-7,9-10H2,1-3H3,(H2,18,20)(H,19,21)/t17-/m0/s1. The summed E-state index contributed by atoms with van der Waals surface area (Å²) in [5, 5.41) is 14.1. The van der Waals surface area contributed by atoms with Crippen molar-refractivity contribution in [2.45, 2.75) is 30.6 Å². The van der Waals surface area contributed by atoms with E-state index in [1.54, 1.807) is 18.2 Å². The molecule has 0 aliphatic carbocycles. The van der Waals surface area contributed by atoms with Crippen molar-refractivity contribution in [2.75, 3.05) is 31.4 Å². The van der Waals surface area contributed by atoms with Gasteiger partial charge in [-0.15, -0.1) is 0 Å². The van der Waals surface area contributed by atoms with Crippen LogP contribution in [0, 0.1) is 5.41 Å². The van der Waals surface area contributed by atoms with Gasteiger partial charge in [-0.3, -0.25) is 10.2 Å². The van der Waals surface area contributed by atoms with Gasteiger partial charge in [0.05, 0.1) is 17.9 Å². The number of rotatable bonds is 3. The van der Waals surface area contributed by atoms with Gasteiger partial charge >= 0.3 is 0 Å². The number of hydrogen-bond acceptors (Lipinski definition) is 6. The summed E-state index contributed by atoms with van der Waals surface area (Å²) in [6.45, 7) is 3.33. The smallest absolute Gasteiger partial charge is 0.250 e. The minimum absolute atomic E-state index is 0.0366. The molecular formula is C17H23N3O5S. The van der Waals surface area contributed by atoms with Gasteiger partial charge in [-0.1, -0.05) is 0 Å². The van der Waals surface area contributed by atoms with Crippen molar-refractivity contribution in [2.24, 2.45) is 0 Å². The molecule has 1 aromatic carbocycles. The molecule has 0 aromatic heterocycles. The zero-order valence-electron chi connectivity index (χ0n) is 15.0. The first kappa shape index (κ1) is 18.7. The molecule has 0 radical (unpaired) electrons. The molecule has 1 atom stereocenters. The van der Waals surface area contributed by atoms with Crippen LogP contribution in [0.3, 0.4) is 0 Å². The van der Waals surface area contributed by atoms with Crippen LogP contribution in [0.4, 0.5) is 5.69 Å². The molecule has 3 rings (SSSR count). The van der Waals surface area contributed by atoms with Gasteiger partial charge in [0.1, 0.15) is 22.9 Å². The average Bonchev–Trinajstić information content (AvgIpc) is 2.54. The second-order valence-electron chi connectivity index (χ2n) is 7.14. The fraction of sp³-hybridized carbons (Fsp3) is 0.529. The van der Waals surface area contributed by atoms with Crippen LogP contribution in [-0.2, 0) is 24.9 Å².